The van der Waals surface area contributed by atoms with Gasteiger partial charge >= 0.3 is 0 Å². The number of anilines is 1. The summed E-state index contributed by atoms with van der Waals surface area (Å²) >= 11 is 5.82. The lowest BCUT2D eigenvalue weighted by Gasteiger charge is -2.07. The highest BCUT2D eigenvalue weighted by Crippen LogP contribution is 2.29. The number of rotatable bonds is 2. The molecule has 0 atom stereocenters. The van der Waals surface area contributed by atoms with Gasteiger partial charge in [0.15, 0.2) is 0 Å². The average molecular weight is 254 g/mol. The molecule has 0 fully saturated rings. The van der Waals surface area contributed by atoms with E-state index in [-0.39, 0.29) is 16.9 Å². The van der Waals surface area contributed by atoms with Crippen molar-refractivity contribution in [3.05, 3.63) is 40.8 Å². The number of hydrogen-bond donors (Lipinski definition) is 1. The summed E-state index contributed by atoms with van der Waals surface area (Å²) in [6, 6.07) is 5.44. The third kappa shape index (κ3) is 2.82. The Balaban J connectivity index is 2.31. The van der Waals surface area contributed by atoms with E-state index in [1.165, 1.54) is 12.1 Å². The number of hydrogen-bond acceptors (Lipinski definition) is 4. The molecule has 0 aliphatic rings. The molecule has 1 heterocycles. The van der Waals surface area contributed by atoms with Gasteiger partial charge in [0, 0.05) is 11.8 Å². The summed E-state index contributed by atoms with van der Waals surface area (Å²) in [5.74, 6) is 0.257. The molecule has 88 valence electrons. The molecule has 0 aliphatic carbocycles. The molecule has 2 aromatic rings. The first kappa shape index (κ1) is 11.6. The third-order valence-corrected chi connectivity index (χ3v) is 2.25. The summed E-state index contributed by atoms with van der Waals surface area (Å²) in [5.41, 5.74) is 6.15. The SMILES string of the molecule is Cc1cc(Oc2ccc(F)cc2Cl)nc(N)n1. The maximum Gasteiger partial charge on any atom is 0.224 e. The zero-order chi connectivity index (χ0) is 12.4. The minimum absolute atomic E-state index is 0.109. The van der Waals surface area contributed by atoms with Gasteiger partial charge in [0.25, 0.3) is 0 Å². The molecule has 0 radical (unpaired) electrons. The largest absolute Gasteiger partial charge is 0.437 e. The molecule has 0 unspecified atom stereocenters. The van der Waals surface area contributed by atoms with E-state index >= 15 is 0 Å². The highest BCUT2D eigenvalue weighted by atomic mass is 35.5. The highest BCUT2D eigenvalue weighted by Gasteiger charge is 2.06. The number of aromatic nitrogens is 2. The van der Waals surface area contributed by atoms with Crippen molar-refractivity contribution in [1.82, 2.24) is 9.97 Å². The molecule has 2 rings (SSSR count). The third-order valence-electron chi connectivity index (χ3n) is 1.96. The smallest absolute Gasteiger partial charge is 0.224 e. The van der Waals surface area contributed by atoms with Crippen LogP contribution >= 0.6 is 11.6 Å². The quantitative estimate of drug-likeness (QED) is 0.894. The standard InChI is InChI=1S/C11H9ClFN3O/c1-6-4-10(16-11(14)15-6)17-9-3-2-7(13)5-8(9)12/h2-5H,1H3,(H2,14,15,16). The Morgan fingerprint density at radius 2 is 2.06 bits per heavy atom. The topological polar surface area (TPSA) is 61.0 Å². The number of nitrogen functional groups attached to an aromatic ring is 1. The monoisotopic (exact) mass is 253 g/mol. The van der Waals surface area contributed by atoms with Crippen LogP contribution < -0.4 is 10.5 Å². The van der Waals surface area contributed by atoms with Gasteiger partial charge in [0.1, 0.15) is 11.6 Å². The summed E-state index contributed by atoms with van der Waals surface area (Å²) in [6.07, 6.45) is 0. The van der Waals surface area contributed by atoms with Crippen molar-refractivity contribution in [2.24, 2.45) is 0 Å². The van der Waals surface area contributed by atoms with Crippen molar-refractivity contribution >= 4 is 17.5 Å². The summed E-state index contributed by atoms with van der Waals surface area (Å²) in [5, 5.41) is 0.167. The first-order valence-corrected chi connectivity index (χ1v) is 5.16. The second kappa shape index (κ2) is 4.55. The van der Waals surface area contributed by atoms with Crippen molar-refractivity contribution in [1.29, 1.82) is 0 Å². The average Bonchev–Trinajstić information content (AvgIpc) is 2.21. The predicted molar refractivity (Wildman–Crippen MR) is 62.7 cm³/mol. The summed E-state index contributed by atoms with van der Waals surface area (Å²) < 4.78 is 18.2. The van der Waals surface area contributed by atoms with Gasteiger partial charge in [-0.2, -0.15) is 4.98 Å². The van der Waals surface area contributed by atoms with Crippen LogP contribution in [0.3, 0.4) is 0 Å². The lowest BCUT2D eigenvalue weighted by Crippen LogP contribution is -1.99. The molecule has 0 spiro atoms. The predicted octanol–water partition coefficient (Wildman–Crippen LogP) is 2.95. The molecule has 1 aromatic carbocycles. The van der Waals surface area contributed by atoms with Crippen LogP contribution in [0.5, 0.6) is 11.6 Å². The number of nitrogens with two attached hydrogens (primary N) is 1. The van der Waals surface area contributed by atoms with Gasteiger partial charge in [0.05, 0.1) is 5.02 Å². The first-order chi connectivity index (χ1) is 8.04. The van der Waals surface area contributed by atoms with Crippen LogP contribution in [-0.2, 0) is 0 Å². The number of aryl methyl sites for hydroxylation is 1. The van der Waals surface area contributed by atoms with Crippen LogP contribution in [0, 0.1) is 12.7 Å². The van der Waals surface area contributed by atoms with E-state index in [1.54, 1.807) is 13.0 Å². The van der Waals surface area contributed by atoms with E-state index in [0.29, 0.717) is 11.4 Å². The van der Waals surface area contributed by atoms with Gasteiger partial charge in [-0.05, 0) is 25.1 Å². The van der Waals surface area contributed by atoms with E-state index < -0.39 is 5.82 Å². The Morgan fingerprint density at radius 3 is 2.71 bits per heavy atom. The number of benzene rings is 1. The van der Waals surface area contributed by atoms with Gasteiger partial charge in [-0.25, -0.2) is 9.37 Å². The van der Waals surface area contributed by atoms with Gasteiger partial charge in [-0.15, -0.1) is 0 Å². The molecule has 0 aliphatic heterocycles. The lowest BCUT2D eigenvalue weighted by molar-refractivity contribution is 0.460. The molecule has 1 aromatic heterocycles. The molecule has 2 N–H and O–H groups in total. The van der Waals surface area contributed by atoms with Crippen LogP contribution in [0.2, 0.25) is 5.02 Å². The normalized spacial score (nSPS) is 10.3. The fourth-order valence-electron chi connectivity index (χ4n) is 1.28. The molecule has 0 amide bonds. The van der Waals surface area contributed by atoms with E-state index in [4.69, 9.17) is 22.1 Å². The Kier molecular flexibility index (Phi) is 3.10. The van der Waals surface area contributed by atoms with Crippen molar-refractivity contribution in [2.75, 3.05) is 5.73 Å². The second-order valence-electron chi connectivity index (χ2n) is 3.38. The summed E-state index contributed by atoms with van der Waals surface area (Å²) in [4.78, 5) is 7.79. The Labute approximate surface area is 102 Å². The zero-order valence-electron chi connectivity index (χ0n) is 8.95. The molecule has 17 heavy (non-hydrogen) atoms. The zero-order valence-corrected chi connectivity index (χ0v) is 9.70. The Morgan fingerprint density at radius 1 is 1.29 bits per heavy atom. The van der Waals surface area contributed by atoms with E-state index in [0.717, 1.165) is 6.07 Å². The Hall–Kier alpha value is -1.88. The molecule has 4 nitrogen and oxygen atoms in total. The fourth-order valence-corrected chi connectivity index (χ4v) is 1.49. The van der Waals surface area contributed by atoms with E-state index in [9.17, 15) is 4.39 Å². The lowest BCUT2D eigenvalue weighted by atomic mass is 10.3. The van der Waals surface area contributed by atoms with Gasteiger partial charge < -0.3 is 10.5 Å². The highest BCUT2D eigenvalue weighted by molar-refractivity contribution is 6.32. The van der Waals surface area contributed by atoms with Crippen molar-refractivity contribution in [3.63, 3.8) is 0 Å². The number of nitrogens with zero attached hydrogens (tertiary/aromatic N) is 2. The van der Waals surface area contributed by atoms with Crippen molar-refractivity contribution < 1.29 is 9.13 Å². The van der Waals surface area contributed by atoms with Crippen molar-refractivity contribution in [2.45, 2.75) is 6.92 Å². The molecule has 0 saturated heterocycles. The van der Waals surface area contributed by atoms with Crippen LogP contribution in [0.4, 0.5) is 10.3 Å². The maximum atomic E-state index is 12.8. The molecule has 6 heteroatoms. The molecule has 0 bridgehead atoms. The van der Waals surface area contributed by atoms with Crippen LogP contribution in [0.1, 0.15) is 5.69 Å². The van der Waals surface area contributed by atoms with Gasteiger partial charge in [-0.3, -0.25) is 0 Å². The van der Waals surface area contributed by atoms with Crippen LogP contribution in [-0.4, -0.2) is 9.97 Å². The van der Waals surface area contributed by atoms with Crippen LogP contribution in [0.15, 0.2) is 24.3 Å². The van der Waals surface area contributed by atoms with E-state index in [1.807, 2.05) is 0 Å². The summed E-state index contributed by atoms with van der Waals surface area (Å²) in [6.45, 7) is 1.76. The van der Waals surface area contributed by atoms with Gasteiger partial charge in [-0.1, -0.05) is 11.6 Å². The molecular weight excluding hydrogens is 245 g/mol. The first-order valence-electron chi connectivity index (χ1n) is 4.78. The van der Waals surface area contributed by atoms with Gasteiger partial charge in [0.2, 0.25) is 11.8 Å². The fraction of sp³-hybridized carbons (Fsp3) is 0.0909. The Bertz CT molecular complexity index is 542. The molecular formula is C11H9ClFN3O. The minimum atomic E-state index is -0.430. The summed E-state index contributed by atoms with van der Waals surface area (Å²) in [7, 11) is 0. The van der Waals surface area contributed by atoms with Crippen molar-refractivity contribution in [3.8, 4) is 11.6 Å². The minimum Gasteiger partial charge on any atom is -0.437 e. The number of ether oxygens (including phenoxy) is 1. The number of halogens is 2. The second-order valence-corrected chi connectivity index (χ2v) is 3.79. The van der Waals surface area contributed by atoms with E-state index in [2.05, 4.69) is 9.97 Å². The maximum absolute atomic E-state index is 12.8. The molecule has 0 saturated carbocycles. The van der Waals surface area contributed by atoms with Crippen LogP contribution in [0.25, 0.3) is 0 Å².